The van der Waals surface area contributed by atoms with Crippen molar-refractivity contribution in [3.63, 3.8) is 0 Å². The summed E-state index contributed by atoms with van der Waals surface area (Å²) < 4.78 is 29.8. The molecule has 1 aliphatic rings. The molecule has 9 nitrogen and oxygen atoms in total. The second kappa shape index (κ2) is 12.5. The molecule has 0 spiro atoms. The molecular weight excluding hydrogens is 540 g/mol. The molecule has 38 heavy (non-hydrogen) atoms. The number of anilines is 1. The van der Waals surface area contributed by atoms with Gasteiger partial charge in [0.1, 0.15) is 29.0 Å². The lowest BCUT2D eigenvalue weighted by molar-refractivity contribution is -0.125. The largest absolute Gasteiger partial charge is 0.495 e. The minimum atomic E-state index is -0.855. The smallest absolute Gasteiger partial charge is 0.411 e. The molecule has 1 saturated heterocycles. The molecule has 12 heteroatoms. The molecule has 2 N–H and O–H groups in total. The molecule has 0 aliphatic carbocycles. The van der Waals surface area contributed by atoms with Crippen LogP contribution in [0.3, 0.4) is 0 Å². The van der Waals surface area contributed by atoms with Crippen LogP contribution in [-0.4, -0.2) is 60.8 Å². The van der Waals surface area contributed by atoms with Crippen molar-refractivity contribution >= 4 is 46.8 Å². The summed E-state index contributed by atoms with van der Waals surface area (Å²) in [6.45, 7) is 4.83. The highest BCUT2D eigenvalue weighted by Gasteiger charge is 2.39. The number of hydrogen-bond acceptors (Lipinski definition) is 6. The first-order valence-corrected chi connectivity index (χ1v) is 12.6. The number of methoxy groups -OCH3 is 1. The normalized spacial score (nSPS) is 17.4. The van der Waals surface area contributed by atoms with E-state index >= 15 is 0 Å². The zero-order valence-corrected chi connectivity index (χ0v) is 23.0. The topological polar surface area (TPSA) is 106 Å². The first kappa shape index (κ1) is 29.3. The van der Waals surface area contributed by atoms with E-state index in [-0.39, 0.29) is 30.3 Å². The third-order valence-corrected chi connectivity index (χ3v) is 6.10. The zero-order chi connectivity index (χ0) is 28.0. The maximum Gasteiger partial charge on any atom is 0.411 e. The van der Waals surface area contributed by atoms with Crippen molar-refractivity contribution in [1.29, 1.82) is 0 Å². The standard InChI is InChI=1S/C26H30Cl2FN3O6/c1-26(2,3)38-25(35)32-13-16(30-23(33)14-37-17-7-8-18(28)19(29)12-17)6-10-21(32)24(34)31-20-9-5-15(27)11-22(20)36-4/h5,7-9,11-12,16,21H,6,10,13-14H2,1-4H3,(H,30,33)(H,31,34). The van der Waals surface area contributed by atoms with E-state index in [9.17, 15) is 18.8 Å². The van der Waals surface area contributed by atoms with Crippen LogP contribution >= 0.6 is 23.2 Å². The molecule has 1 aliphatic heterocycles. The highest BCUT2D eigenvalue weighted by atomic mass is 35.5. The van der Waals surface area contributed by atoms with Gasteiger partial charge in [-0.1, -0.05) is 23.2 Å². The van der Waals surface area contributed by atoms with Crippen LogP contribution in [-0.2, 0) is 14.3 Å². The number of ether oxygens (including phenoxy) is 3. The number of likely N-dealkylation sites (tertiary alicyclic amines) is 1. The lowest BCUT2D eigenvalue weighted by Gasteiger charge is -2.39. The molecule has 0 radical (unpaired) electrons. The highest BCUT2D eigenvalue weighted by Crippen LogP contribution is 2.29. The second-order valence-corrected chi connectivity index (χ2v) is 10.5. The van der Waals surface area contributed by atoms with E-state index in [0.29, 0.717) is 22.9 Å². The first-order valence-electron chi connectivity index (χ1n) is 11.9. The Morgan fingerprint density at radius 2 is 1.84 bits per heavy atom. The SMILES string of the molecule is COc1cc(Cl)ccc1NC(=O)C1CCC(NC(=O)COc2ccc(Cl)c(F)c2)CN1C(=O)OC(C)(C)C. The van der Waals surface area contributed by atoms with Gasteiger partial charge in [0.05, 0.1) is 17.8 Å². The minimum absolute atomic E-state index is 0.0338. The Balaban J connectivity index is 1.68. The molecule has 2 unspecified atom stereocenters. The van der Waals surface area contributed by atoms with E-state index in [0.717, 1.165) is 6.07 Å². The van der Waals surface area contributed by atoms with Crippen LogP contribution in [0.1, 0.15) is 33.6 Å². The van der Waals surface area contributed by atoms with Gasteiger partial charge in [-0.25, -0.2) is 9.18 Å². The predicted octanol–water partition coefficient (Wildman–Crippen LogP) is 5.04. The molecule has 1 fully saturated rings. The average Bonchev–Trinajstić information content (AvgIpc) is 2.84. The Morgan fingerprint density at radius 1 is 1.11 bits per heavy atom. The Morgan fingerprint density at radius 3 is 2.50 bits per heavy atom. The van der Waals surface area contributed by atoms with Crippen LogP contribution in [0, 0.1) is 5.82 Å². The number of halogens is 3. The van der Waals surface area contributed by atoms with Crippen LogP contribution < -0.4 is 20.1 Å². The van der Waals surface area contributed by atoms with Gasteiger partial charge < -0.3 is 24.8 Å². The molecule has 1 heterocycles. The van der Waals surface area contributed by atoms with Gasteiger partial charge in [-0.05, 0) is 57.9 Å². The Bertz CT molecular complexity index is 1190. The summed E-state index contributed by atoms with van der Waals surface area (Å²) in [6.07, 6.45) is -0.0152. The van der Waals surface area contributed by atoms with Gasteiger partial charge in [0, 0.05) is 29.7 Å². The molecule has 3 rings (SSSR count). The maximum atomic E-state index is 13.6. The Labute approximate surface area is 230 Å². The van der Waals surface area contributed by atoms with Crippen molar-refractivity contribution in [2.24, 2.45) is 0 Å². The fourth-order valence-corrected chi connectivity index (χ4v) is 4.13. The molecule has 0 bridgehead atoms. The number of nitrogens with one attached hydrogen (secondary N) is 2. The van der Waals surface area contributed by atoms with Crippen molar-refractivity contribution in [2.45, 2.75) is 51.3 Å². The number of carbonyl (C=O) groups is 3. The summed E-state index contributed by atoms with van der Waals surface area (Å²) in [6, 6.07) is 7.32. The zero-order valence-electron chi connectivity index (χ0n) is 21.5. The Hall–Kier alpha value is -3.24. The van der Waals surface area contributed by atoms with Crippen LogP contribution in [0.4, 0.5) is 14.9 Å². The van der Waals surface area contributed by atoms with Crippen molar-refractivity contribution in [1.82, 2.24) is 10.2 Å². The third kappa shape index (κ3) is 8.13. The fraction of sp³-hybridized carbons (Fsp3) is 0.423. The average molecular weight is 570 g/mol. The summed E-state index contributed by atoms with van der Waals surface area (Å²) in [7, 11) is 1.45. The lowest BCUT2D eigenvalue weighted by atomic mass is 9.97. The van der Waals surface area contributed by atoms with Crippen molar-refractivity contribution in [2.75, 3.05) is 25.6 Å². The monoisotopic (exact) mass is 569 g/mol. The van der Waals surface area contributed by atoms with Gasteiger partial charge in [0.2, 0.25) is 5.91 Å². The summed E-state index contributed by atoms with van der Waals surface area (Å²) in [5.74, 6) is -1.05. The van der Waals surface area contributed by atoms with E-state index in [1.54, 1.807) is 39.0 Å². The highest BCUT2D eigenvalue weighted by molar-refractivity contribution is 6.31. The van der Waals surface area contributed by atoms with Crippen molar-refractivity contribution in [3.05, 3.63) is 52.3 Å². The van der Waals surface area contributed by atoms with Gasteiger partial charge in [0.25, 0.3) is 5.91 Å². The van der Waals surface area contributed by atoms with Crippen LogP contribution in [0.15, 0.2) is 36.4 Å². The summed E-state index contributed by atoms with van der Waals surface area (Å²) in [5, 5.41) is 5.97. The number of hydrogen-bond donors (Lipinski definition) is 2. The number of carbonyl (C=O) groups excluding carboxylic acids is 3. The van der Waals surface area contributed by atoms with Crippen LogP contribution in [0.25, 0.3) is 0 Å². The third-order valence-electron chi connectivity index (χ3n) is 5.56. The second-order valence-electron chi connectivity index (χ2n) is 9.69. The van der Waals surface area contributed by atoms with E-state index in [1.807, 2.05) is 0 Å². The number of benzene rings is 2. The van der Waals surface area contributed by atoms with Crippen LogP contribution in [0.5, 0.6) is 11.5 Å². The number of nitrogens with zero attached hydrogens (tertiary/aromatic N) is 1. The van der Waals surface area contributed by atoms with E-state index in [1.165, 1.54) is 24.1 Å². The summed E-state index contributed by atoms with van der Waals surface area (Å²) in [5.41, 5.74) is -0.396. The molecule has 0 aromatic heterocycles. The number of piperidine rings is 1. The molecule has 2 atom stereocenters. The summed E-state index contributed by atoms with van der Waals surface area (Å²) in [4.78, 5) is 40.1. The maximum absolute atomic E-state index is 13.6. The van der Waals surface area contributed by atoms with E-state index < -0.39 is 41.4 Å². The molecule has 2 aromatic carbocycles. The van der Waals surface area contributed by atoms with Gasteiger partial charge >= 0.3 is 6.09 Å². The number of amides is 3. The lowest BCUT2D eigenvalue weighted by Crippen LogP contribution is -2.58. The molecular formula is C26H30Cl2FN3O6. The molecule has 206 valence electrons. The van der Waals surface area contributed by atoms with Crippen molar-refractivity contribution < 1.29 is 33.0 Å². The first-order chi connectivity index (χ1) is 17.9. The van der Waals surface area contributed by atoms with E-state index in [2.05, 4.69) is 10.6 Å². The van der Waals surface area contributed by atoms with Gasteiger partial charge in [-0.2, -0.15) is 0 Å². The van der Waals surface area contributed by atoms with Crippen LogP contribution in [0.2, 0.25) is 10.0 Å². The molecule has 0 saturated carbocycles. The minimum Gasteiger partial charge on any atom is -0.495 e. The number of rotatable bonds is 7. The predicted molar refractivity (Wildman–Crippen MR) is 141 cm³/mol. The van der Waals surface area contributed by atoms with Gasteiger partial charge in [-0.15, -0.1) is 0 Å². The Kier molecular flexibility index (Phi) is 9.67. The quantitative estimate of drug-likeness (QED) is 0.483. The van der Waals surface area contributed by atoms with Gasteiger partial charge in [0.15, 0.2) is 6.61 Å². The van der Waals surface area contributed by atoms with Crippen molar-refractivity contribution in [3.8, 4) is 11.5 Å². The molecule has 3 amide bonds. The van der Waals surface area contributed by atoms with E-state index in [4.69, 9.17) is 37.4 Å². The fourth-order valence-electron chi connectivity index (χ4n) is 3.85. The molecule has 2 aromatic rings. The summed E-state index contributed by atoms with van der Waals surface area (Å²) >= 11 is 11.7. The van der Waals surface area contributed by atoms with Gasteiger partial charge in [-0.3, -0.25) is 14.5 Å².